The molecule has 1 aromatic heterocycles. The van der Waals surface area contributed by atoms with Gasteiger partial charge in [0.05, 0.1) is 27.0 Å². The lowest BCUT2D eigenvalue weighted by atomic mass is 10.0. The molecule has 1 fully saturated rings. The van der Waals surface area contributed by atoms with Crippen LogP contribution in [0.3, 0.4) is 0 Å². The molecule has 0 aliphatic carbocycles. The molecule has 184 valence electrons. The van der Waals surface area contributed by atoms with Crippen LogP contribution in [0.5, 0.6) is 0 Å². The third-order valence-corrected chi connectivity index (χ3v) is 6.63. The van der Waals surface area contributed by atoms with E-state index in [2.05, 4.69) is 10.3 Å². The Bertz CT molecular complexity index is 1020. The molecule has 3 rings (SSSR count). The van der Waals surface area contributed by atoms with E-state index < -0.39 is 24.2 Å². The number of nitrogens with zero attached hydrogens (tertiary/aromatic N) is 2. The predicted octanol–water partition coefficient (Wildman–Crippen LogP) is 4.10. The lowest BCUT2D eigenvalue weighted by molar-refractivity contribution is 0.0330. The van der Waals surface area contributed by atoms with Crippen molar-refractivity contribution in [3.05, 3.63) is 74.9 Å². The molecule has 7 nitrogen and oxygen atoms in total. The molecule has 12 heteroatoms. The Kier molecular flexibility index (Phi) is 9.20. The number of hydrogen-bond acceptors (Lipinski definition) is 7. The van der Waals surface area contributed by atoms with Gasteiger partial charge in [-0.2, -0.15) is 0 Å². The molecule has 1 atom stereocenters. The molecular formula is C22H25ClF3N5O2S. The van der Waals surface area contributed by atoms with Crippen LogP contribution < -0.4 is 16.8 Å². The Morgan fingerprint density at radius 1 is 1.38 bits per heavy atom. The van der Waals surface area contributed by atoms with Crippen LogP contribution >= 0.6 is 22.9 Å². The highest BCUT2D eigenvalue weighted by Crippen LogP contribution is 2.34. The summed E-state index contributed by atoms with van der Waals surface area (Å²) < 4.78 is 47.0. The summed E-state index contributed by atoms with van der Waals surface area (Å²) >= 11 is 7.08. The van der Waals surface area contributed by atoms with E-state index in [1.807, 2.05) is 4.90 Å². The number of nitrogens with one attached hydrogen (secondary N) is 1. The Balaban J connectivity index is 1.74. The van der Waals surface area contributed by atoms with Crippen molar-refractivity contribution < 1.29 is 22.7 Å². The van der Waals surface area contributed by atoms with E-state index in [4.69, 9.17) is 27.8 Å². The highest BCUT2D eigenvalue weighted by Gasteiger charge is 2.32. The van der Waals surface area contributed by atoms with Crippen molar-refractivity contribution in [1.29, 1.82) is 0 Å². The molecule has 0 radical (unpaired) electrons. The first-order chi connectivity index (χ1) is 16.3. The number of ether oxygens (including phenoxy) is 1. The molecule has 1 amide bonds. The number of amides is 1. The van der Waals surface area contributed by atoms with Crippen LogP contribution in [-0.4, -0.2) is 41.5 Å². The maximum absolute atomic E-state index is 14.1. The first-order valence-electron chi connectivity index (χ1n) is 10.5. The zero-order chi connectivity index (χ0) is 24.7. The van der Waals surface area contributed by atoms with Crippen molar-refractivity contribution in [1.82, 2.24) is 15.2 Å². The van der Waals surface area contributed by atoms with Crippen LogP contribution in [0.1, 0.15) is 46.2 Å². The lowest BCUT2D eigenvalue weighted by Gasteiger charge is -2.37. The normalized spacial score (nSPS) is 16.8. The second-order valence-corrected chi connectivity index (χ2v) is 8.83. The number of carbonyl (C=O) groups is 1. The Hall–Kier alpha value is -2.76. The molecule has 1 saturated heterocycles. The van der Waals surface area contributed by atoms with Crippen LogP contribution in [0.25, 0.3) is 0 Å². The number of allylic oxidation sites excluding steroid dienone is 2. The molecule has 1 aliphatic heterocycles. The van der Waals surface area contributed by atoms with Gasteiger partial charge in [0, 0.05) is 19.6 Å². The predicted molar refractivity (Wildman–Crippen MR) is 125 cm³/mol. The van der Waals surface area contributed by atoms with Gasteiger partial charge in [0.15, 0.2) is 5.88 Å². The quantitative estimate of drug-likeness (QED) is 0.343. The average molecular weight is 516 g/mol. The third-order valence-electron chi connectivity index (χ3n) is 5.37. The number of thiazole rings is 1. The minimum Gasteiger partial charge on any atom is -0.476 e. The van der Waals surface area contributed by atoms with Crippen LogP contribution in [0.15, 0.2) is 47.9 Å². The minimum absolute atomic E-state index is 0.0275. The molecule has 1 aliphatic rings. The average Bonchev–Trinajstić information content (AvgIpc) is 3.29. The third kappa shape index (κ3) is 6.43. The molecule has 34 heavy (non-hydrogen) atoms. The van der Waals surface area contributed by atoms with Crippen LogP contribution in [0, 0.1) is 5.82 Å². The largest absolute Gasteiger partial charge is 0.476 e. The summed E-state index contributed by atoms with van der Waals surface area (Å²) in [4.78, 5) is 18.8. The number of halogens is 4. The van der Waals surface area contributed by atoms with Gasteiger partial charge < -0.3 is 21.5 Å². The monoisotopic (exact) mass is 515 g/mol. The van der Waals surface area contributed by atoms with E-state index in [0.717, 1.165) is 17.4 Å². The molecule has 0 bridgehead atoms. The first-order valence-corrected chi connectivity index (χ1v) is 11.8. The number of carbonyl (C=O) groups excluding carboxylic acids is 1. The van der Waals surface area contributed by atoms with E-state index in [0.29, 0.717) is 30.8 Å². The Morgan fingerprint density at radius 2 is 2.12 bits per heavy atom. The summed E-state index contributed by atoms with van der Waals surface area (Å²) in [7, 11) is 0. The summed E-state index contributed by atoms with van der Waals surface area (Å²) in [5.41, 5.74) is 11.8. The number of benzene rings is 1. The van der Waals surface area contributed by atoms with Gasteiger partial charge in [0.25, 0.3) is 12.3 Å². The van der Waals surface area contributed by atoms with Gasteiger partial charge in [-0.05, 0) is 43.3 Å². The second kappa shape index (κ2) is 12.1. The molecule has 1 aromatic carbocycles. The summed E-state index contributed by atoms with van der Waals surface area (Å²) in [5, 5.41) is 2.61. The summed E-state index contributed by atoms with van der Waals surface area (Å²) in [6.07, 6.45) is 2.71. The molecule has 5 N–H and O–H groups in total. The molecule has 1 unspecified atom stereocenters. The second-order valence-electron chi connectivity index (χ2n) is 7.53. The van der Waals surface area contributed by atoms with Gasteiger partial charge in [0.2, 0.25) is 0 Å². The highest BCUT2D eigenvalue weighted by molar-refractivity contribution is 7.09. The van der Waals surface area contributed by atoms with E-state index in [9.17, 15) is 18.0 Å². The summed E-state index contributed by atoms with van der Waals surface area (Å²) in [6, 6.07) is 3.35. The van der Waals surface area contributed by atoms with Gasteiger partial charge in [-0.25, -0.2) is 18.2 Å². The van der Waals surface area contributed by atoms with Gasteiger partial charge in [-0.1, -0.05) is 17.7 Å². The van der Waals surface area contributed by atoms with Crippen LogP contribution in [0.2, 0.25) is 5.02 Å². The van der Waals surface area contributed by atoms with Crippen molar-refractivity contribution in [3.63, 3.8) is 0 Å². The number of aromatic nitrogens is 1. The number of piperidine rings is 1. The maximum atomic E-state index is 14.1. The van der Waals surface area contributed by atoms with E-state index in [-0.39, 0.29) is 34.8 Å². The zero-order valence-corrected chi connectivity index (χ0v) is 19.7. The van der Waals surface area contributed by atoms with E-state index in [1.165, 1.54) is 23.8 Å². The molecule has 2 aromatic rings. The van der Waals surface area contributed by atoms with Crippen molar-refractivity contribution >= 4 is 28.8 Å². The van der Waals surface area contributed by atoms with Crippen molar-refractivity contribution in [2.75, 3.05) is 19.6 Å². The first kappa shape index (κ1) is 25.9. The number of likely N-dealkylation sites (tertiary alicyclic amines) is 1. The number of nitrogens with two attached hydrogens (primary N) is 2. The van der Waals surface area contributed by atoms with Gasteiger partial charge in [-0.3, -0.25) is 9.69 Å². The fraction of sp³-hybridized carbons (Fsp3) is 0.364. The SMILES string of the molecule is N/C=C\C=C(/N)OC1CCN(C(CNC(=O)c2c(F)cccc2Cl)c2scnc2C(F)F)CC1. The molecule has 0 spiro atoms. The fourth-order valence-corrected chi connectivity index (χ4v) is 4.93. The standard InChI is InChI=1S/C22H25ClF3N5O2S/c23-14-3-1-4-15(24)18(14)22(32)29-11-16(20-19(21(25)26)30-12-34-20)31-9-6-13(7-10-31)33-17(28)5-2-8-27/h1-5,8,12-13,16,21H,6-7,9-11,27-28H2,(H,29,32)/b8-2-,17-5+. The van der Waals surface area contributed by atoms with E-state index >= 15 is 0 Å². The van der Waals surface area contributed by atoms with Crippen molar-refractivity contribution in [2.24, 2.45) is 11.5 Å². The number of rotatable bonds is 9. The Labute approximate surface area is 204 Å². The van der Waals surface area contributed by atoms with Gasteiger partial charge in [0.1, 0.15) is 17.6 Å². The van der Waals surface area contributed by atoms with Crippen LogP contribution in [0.4, 0.5) is 13.2 Å². The zero-order valence-electron chi connectivity index (χ0n) is 18.1. The number of hydrogen-bond donors (Lipinski definition) is 3. The van der Waals surface area contributed by atoms with Gasteiger partial charge >= 0.3 is 0 Å². The molecule has 2 heterocycles. The Morgan fingerprint density at radius 3 is 2.76 bits per heavy atom. The number of alkyl halides is 2. The molecular weight excluding hydrogens is 491 g/mol. The summed E-state index contributed by atoms with van der Waals surface area (Å²) in [5.74, 6) is -1.26. The van der Waals surface area contributed by atoms with Gasteiger partial charge in [-0.15, -0.1) is 11.3 Å². The van der Waals surface area contributed by atoms with Crippen molar-refractivity contribution in [3.8, 4) is 0 Å². The maximum Gasteiger partial charge on any atom is 0.281 e. The smallest absolute Gasteiger partial charge is 0.281 e. The highest BCUT2D eigenvalue weighted by atomic mass is 35.5. The fourth-order valence-electron chi connectivity index (χ4n) is 3.74. The van der Waals surface area contributed by atoms with Crippen molar-refractivity contribution in [2.45, 2.75) is 31.4 Å². The summed E-state index contributed by atoms with van der Waals surface area (Å²) in [6.45, 7) is 0.985. The lowest BCUT2D eigenvalue weighted by Crippen LogP contribution is -2.44. The molecule has 0 saturated carbocycles. The van der Waals surface area contributed by atoms with E-state index in [1.54, 1.807) is 12.2 Å². The topological polar surface area (TPSA) is 106 Å². The van der Waals surface area contributed by atoms with Crippen LogP contribution in [-0.2, 0) is 4.74 Å². The minimum atomic E-state index is -2.76.